The highest BCUT2D eigenvalue weighted by atomic mass is 19.4. The molecule has 8 heteroatoms. The number of piperidine rings is 1. The molecular weight excluding hydrogens is 309 g/mol. The predicted molar refractivity (Wildman–Crippen MR) is 83.6 cm³/mol. The van der Waals surface area contributed by atoms with Gasteiger partial charge in [0, 0.05) is 45.9 Å². The van der Waals surface area contributed by atoms with Crippen molar-refractivity contribution in [2.45, 2.75) is 37.9 Å². The first-order valence-electron chi connectivity index (χ1n) is 8.30. The molecule has 0 amide bonds. The van der Waals surface area contributed by atoms with Crippen LogP contribution in [0.2, 0.25) is 0 Å². The van der Waals surface area contributed by atoms with E-state index in [1.54, 1.807) is 7.05 Å². The number of hydrogen-bond donors (Lipinski definition) is 2. The van der Waals surface area contributed by atoms with E-state index in [2.05, 4.69) is 20.5 Å². The molecule has 2 rings (SSSR count). The van der Waals surface area contributed by atoms with E-state index in [1.807, 2.05) is 0 Å². The average molecular weight is 336 g/mol. The molecule has 0 aromatic rings. The van der Waals surface area contributed by atoms with E-state index in [0.29, 0.717) is 11.9 Å². The zero-order valence-electron chi connectivity index (χ0n) is 13.7. The van der Waals surface area contributed by atoms with Crippen LogP contribution in [-0.2, 0) is 4.74 Å². The summed E-state index contributed by atoms with van der Waals surface area (Å²) < 4.78 is 41.9. The minimum atomic E-state index is -4.14. The number of aliphatic imine (C=N–C) groups is 1. The lowest BCUT2D eigenvalue weighted by molar-refractivity contribution is -0.132. The number of guanidine groups is 1. The molecular formula is C15H27F3N4O. The highest BCUT2D eigenvalue weighted by Crippen LogP contribution is 2.19. The summed E-state index contributed by atoms with van der Waals surface area (Å²) in [6, 6.07) is 0.267. The fourth-order valence-corrected chi connectivity index (χ4v) is 3.06. The van der Waals surface area contributed by atoms with Gasteiger partial charge in [0.1, 0.15) is 0 Å². The van der Waals surface area contributed by atoms with Crippen molar-refractivity contribution in [3.63, 3.8) is 0 Å². The Morgan fingerprint density at radius 2 is 2.00 bits per heavy atom. The molecule has 1 atom stereocenters. The first kappa shape index (κ1) is 18.3. The van der Waals surface area contributed by atoms with E-state index in [1.165, 1.54) is 0 Å². The molecule has 5 nitrogen and oxygen atoms in total. The third-order valence-corrected chi connectivity index (χ3v) is 4.39. The molecule has 0 spiro atoms. The van der Waals surface area contributed by atoms with Crippen molar-refractivity contribution >= 4 is 5.96 Å². The Balaban J connectivity index is 1.63. The summed E-state index contributed by atoms with van der Waals surface area (Å²) in [5.74, 6) is 1.10. The van der Waals surface area contributed by atoms with Gasteiger partial charge < -0.3 is 20.3 Å². The van der Waals surface area contributed by atoms with Gasteiger partial charge in [0.15, 0.2) is 5.96 Å². The molecule has 2 saturated heterocycles. The normalized spacial score (nSPS) is 24.9. The largest absolute Gasteiger partial charge is 0.390 e. The van der Waals surface area contributed by atoms with Crippen LogP contribution in [0.25, 0.3) is 0 Å². The summed E-state index contributed by atoms with van der Waals surface area (Å²) in [6.07, 6.45) is -1.88. The molecule has 1 unspecified atom stereocenters. The summed E-state index contributed by atoms with van der Waals surface area (Å²) in [5, 5.41) is 5.96. The van der Waals surface area contributed by atoms with Gasteiger partial charge in [-0.3, -0.25) is 4.99 Å². The van der Waals surface area contributed by atoms with Crippen LogP contribution < -0.4 is 10.6 Å². The van der Waals surface area contributed by atoms with Gasteiger partial charge in [-0.05, 0) is 25.2 Å². The number of nitrogens with one attached hydrogen (secondary N) is 2. The number of rotatable bonds is 5. The van der Waals surface area contributed by atoms with Gasteiger partial charge in [-0.1, -0.05) is 0 Å². The van der Waals surface area contributed by atoms with E-state index in [-0.39, 0.29) is 12.6 Å². The number of halogens is 3. The maximum absolute atomic E-state index is 12.2. The van der Waals surface area contributed by atoms with Crippen molar-refractivity contribution in [3.05, 3.63) is 0 Å². The summed E-state index contributed by atoms with van der Waals surface area (Å²) >= 11 is 0. The molecule has 2 aliphatic heterocycles. The maximum atomic E-state index is 12.2. The molecule has 2 fully saturated rings. The summed E-state index contributed by atoms with van der Waals surface area (Å²) in [7, 11) is 1.58. The number of likely N-dealkylation sites (tertiary alicyclic amines) is 1. The van der Waals surface area contributed by atoms with E-state index >= 15 is 0 Å². The Kier molecular flexibility index (Phi) is 6.95. The van der Waals surface area contributed by atoms with Gasteiger partial charge in [-0.25, -0.2) is 0 Å². The van der Waals surface area contributed by atoms with Gasteiger partial charge >= 0.3 is 6.18 Å². The van der Waals surface area contributed by atoms with Crippen molar-refractivity contribution in [2.75, 3.05) is 46.4 Å². The Labute approximate surface area is 135 Å². The van der Waals surface area contributed by atoms with Crippen molar-refractivity contribution in [1.82, 2.24) is 15.5 Å². The number of alkyl halides is 3. The van der Waals surface area contributed by atoms with Gasteiger partial charge in [0.25, 0.3) is 0 Å². The molecule has 0 radical (unpaired) electrons. The summed E-state index contributed by atoms with van der Waals surface area (Å²) in [4.78, 5) is 6.46. The summed E-state index contributed by atoms with van der Waals surface area (Å²) in [6.45, 7) is 4.70. The molecule has 0 aromatic carbocycles. The van der Waals surface area contributed by atoms with Gasteiger partial charge in [0.2, 0.25) is 0 Å². The first-order valence-corrected chi connectivity index (χ1v) is 8.30. The number of nitrogens with zero attached hydrogens (tertiary/aromatic N) is 2. The zero-order chi connectivity index (χ0) is 16.7. The molecule has 2 aliphatic rings. The van der Waals surface area contributed by atoms with E-state index in [0.717, 1.165) is 52.1 Å². The predicted octanol–water partition coefficient (Wildman–Crippen LogP) is 1.60. The molecule has 23 heavy (non-hydrogen) atoms. The van der Waals surface area contributed by atoms with Crippen LogP contribution in [0.15, 0.2) is 4.99 Å². The van der Waals surface area contributed by atoms with Crippen LogP contribution >= 0.6 is 0 Å². The minimum absolute atomic E-state index is 0.149. The standard InChI is InChI=1S/C15H27F3N4O/c1-19-14(20-6-5-15(16,17)18)21-13-2-7-22(8-3-13)10-12-4-9-23-11-12/h12-13H,2-11H2,1H3,(H2,19,20,21). The molecule has 0 saturated carbocycles. The fraction of sp³-hybridized carbons (Fsp3) is 0.933. The number of ether oxygens (including phenoxy) is 1. The second kappa shape index (κ2) is 8.73. The Morgan fingerprint density at radius 3 is 2.57 bits per heavy atom. The molecule has 0 aliphatic carbocycles. The van der Waals surface area contributed by atoms with Crippen LogP contribution in [0.1, 0.15) is 25.7 Å². The highest BCUT2D eigenvalue weighted by Gasteiger charge is 2.27. The second-order valence-electron chi connectivity index (χ2n) is 6.31. The Hall–Kier alpha value is -1.02. The second-order valence-corrected chi connectivity index (χ2v) is 6.31. The van der Waals surface area contributed by atoms with E-state index in [9.17, 15) is 13.2 Å². The third-order valence-electron chi connectivity index (χ3n) is 4.39. The minimum Gasteiger partial charge on any atom is -0.381 e. The van der Waals surface area contributed by atoms with E-state index < -0.39 is 12.6 Å². The monoisotopic (exact) mass is 336 g/mol. The molecule has 2 N–H and O–H groups in total. The topological polar surface area (TPSA) is 48.9 Å². The molecule has 2 heterocycles. The molecule has 0 bridgehead atoms. The quantitative estimate of drug-likeness (QED) is 0.592. The maximum Gasteiger partial charge on any atom is 0.390 e. The fourth-order valence-electron chi connectivity index (χ4n) is 3.06. The van der Waals surface area contributed by atoms with Crippen LogP contribution in [0.5, 0.6) is 0 Å². The zero-order valence-corrected chi connectivity index (χ0v) is 13.7. The van der Waals surface area contributed by atoms with Crippen LogP contribution in [0.4, 0.5) is 13.2 Å². The smallest absolute Gasteiger partial charge is 0.381 e. The third kappa shape index (κ3) is 6.95. The SMILES string of the molecule is CN=C(NCCC(F)(F)F)NC1CCN(CC2CCOC2)CC1. The molecule has 0 aromatic heterocycles. The molecule has 134 valence electrons. The van der Waals surface area contributed by atoms with Gasteiger partial charge in [0.05, 0.1) is 13.0 Å². The first-order chi connectivity index (χ1) is 11.0. The number of hydrogen-bond acceptors (Lipinski definition) is 3. The lowest BCUT2D eigenvalue weighted by Gasteiger charge is -2.34. The van der Waals surface area contributed by atoms with Crippen LogP contribution in [-0.4, -0.2) is 69.5 Å². The Morgan fingerprint density at radius 1 is 1.26 bits per heavy atom. The highest BCUT2D eigenvalue weighted by molar-refractivity contribution is 5.79. The van der Waals surface area contributed by atoms with Crippen LogP contribution in [0, 0.1) is 5.92 Å². The summed E-state index contributed by atoms with van der Waals surface area (Å²) in [5.41, 5.74) is 0. The van der Waals surface area contributed by atoms with Crippen molar-refractivity contribution < 1.29 is 17.9 Å². The Bertz CT molecular complexity index is 375. The van der Waals surface area contributed by atoms with E-state index in [4.69, 9.17) is 4.74 Å². The van der Waals surface area contributed by atoms with Gasteiger partial charge in [-0.15, -0.1) is 0 Å². The van der Waals surface area contributed by atoms with Gasteiger partial charge in [-0.2, -0.15) is 13.2 Å². The van der Waals surface area contributed by atoms with Crippen molar-refractivity contribution in [2.24, 2.45) is 10.9 Å². The van der Waals surface area contributed by atoms with Crippen molar-refractivity contribution in [1.29, 1.82) is 0 Å². The average Bonchev–Trinajstić information content (AvgIpc) is 3.00. The van der Waals surface area contributed by atoms with Crippen molar-refractivity contribution in [3.8, 4) is 0 Å². The lowest BCUT2D eigenvalue weighted by Crippen LogP contribution is -2.49. The van der Waals surface area contributed by atoms with Crippen LogP contribution in [0.3, 0.4) is 0 Å². The lowest BCUT2D eigenvalue weighted by atomic mass is 10.0.